The Labute approximate surface area is 153 Å². The van der Waals surface area contributed by atoms with Crippen molar-refractivity contribution in [1.29, 1.82) is 5.41 Å². The second kappa shape index (κ2) is 9.53. The quantitative estimate of drug-likeness (QED) is 0.369. The number of anilines is 1. The molecule has 0 radical (unpaired) electrons. The first kappa shape index (κ1) is 18.6. The van der Waals surface area contributed by atoms with E-state index in [4.69, 9.17) is 21.7 Å². The summed E-state index contributed by atoms with van der Waals surface area (Å²) in [6.07, 6.45) is 5.59. The number of hydrogen-bond acceptors (Lipinski definition) is 3. The van der Waals surface area contributed by atoms with Crippen LogP contribution in [0.4, 0.5) is 5.69 Å². The van der Waals surface area contributed by atoms with Gasteiger partial charge in [-0.3, -0.25) is 5.41 Å². The molecule has 0 spiro atoms. The topological polar surface area (TPSA) is 36.3 Å². The number of halogens is 2. The number of benzene rings is 1. The lowest BCUT2D eigenvalue weighted by Gasteiger charge is -2.30. The van der Waals surface area contributed by atoms with Crippen molar-refractivity contribution in [3.63, 3.8) is 0 Å². The summed E-state index contributed by atoms with van der Waals surface area (Å²) in [6, 6.07) is 6.47. The minimum atomic E-state index is -0.0135. The standard InChI is InChI=1S/C18H26BrClN2O/c1-2-23-18(21)15(7-6-10-20)14-8-9-17(16(19)13-14)22-11-4-3-5-12-22/h8-9,13,15,21H,2-7,10-12H2,1H3. The molecular formula is C18H26BrClN2O. The van der Waals surface area contributed by atoms with Crippen LogP contribution < -0.4 is 4.90 Å². The Morgan fingerprint density at radius 3 is 2.70 bits per heavy atom. The fraction of sp³-hybridized carbons (Fsp3) is 0.611. The number of piperidine rings is 1. The zero-order chi connectivity index (χ0) is 16.7. The molecule has 2 rings (SSSR count). The summed E-state index contributed by atoms with van der Waals surface area (Å²) in [4.78, 5) is 2.44. The number of nitrogens with one attached hydrogen (secondary N) is 1. The minimum absolute atomic E-state index is 0.0135. The molecular weight excluding hydrogens is 376 g/mol. The van der Waals surface area contributed by atoms with Crippen molar-refractivity contribution in [2.75, 3.05) is 30.5 Å². The van der Waals surface area contributed by atoms with Crippen LogP contribution in [0.1, 0.15) is 50.5 Å². The van der Waals surface area contributed by atoms with Gasteiger partial charge in [-0.2, -0.15) is 0 Å². The van der Waals surface area contributed by atoms with Crippen LogP contribution in [0, 0.1) is 5.41 Å². The van der Waals surface area contributed by atoms with Crippen LogP contribution in [0.15, 0.2) is 22.7 Å². The average molecular weight is 402 g/mol. The van der Waals surface area contributed by atoms with Crippen molar-refractivity contribution in [2.45, 2.75) is 44.9 Å². The van der Waals surface area contributed by atoms with Crippen molar-refractivity contribution in [3.05, 3.63) is 28.2 Å². The van der Waals surface area contributed by atoms with E-state index >= 15 is 0 Å². The highest BCUT2D eigenvalue weighted by atomic mass is 79.9. The molecule has 1 atom stereocenters. The number of ether oxygens (including phenoxy) is 1. The van der Waals surface area contributed by atoms with Crippen LogP contribution in [-0.4, -0.2) is 31.5 Å². The Balaban J connectivity index is 2.18. The summed E-state index contributed by atoms with van der Waals surface area (Å²) >= 11 is 9.57. The van der Waals surface area contributed by atoms with Gasteiger partial charge in [0, 0.05) is 23.4 Å². The van der Waals surface area contributed by atoms with Crippen LogP contribution in [0.2, 0.25) is 0 Å². The number of rotatable bonds is 7. The Morgan fingerprint density at radius 2 is 2.09 bits per heavy atom. The van der Waals surface area contributed by atoms with Crippen LogP contribution in [-0.2, 0) is 4.74 Å². The third-order valence-electron chi connectivity index (χ3n) is 4.31. The molecule has 1 N–H and O–H groups in total. The first-order valence-electron chi connectivity index (χ1n) is 8.49. The van der Waals surface area contributed by atoms with E-state index in [0.717, 1.165) is 36.0 Å². The molecule has 1 unspecified atom stereocenters. The molecule has 1 fully saturated rings. The Morgan fingerprint density at radius 1 is 1.35 bits per heavy atom. The largest absolute Gasteiger partial charge is 0.481 e. The molecule has 1 aromatic carbocycles. The lowest BCUT2D eigenvalue weighted by Crippen LogP contribution is -2.29. The SMILES string of the molecule is CCOC(=N)C(CCCCl)c1ccc(N2CCCCC2)c(Br)c1. The molecule has 128 valence electrons. The van der Waals surface area contributed by atoms with E-state index in [9.17, 15) is 0 Å². The molecule has 0 amide bonds. The van der Waals surface area contributed by atoms with E-state index in [-0.39, 0.29) is 5.92 Å². The molecule has 0 aromatic heterocycles. The highest BCUT2D eigenvalue weighted by Gasteiger charge is 2.20. The lowest BCUT2D eigenvalue weighted by atomic mass is 9.93. The lowest BCUT2D eigenvalue weighted by molar-refractivity contribution is 0.305. The van der Waals surface area contributed by atoms with Crippen molar-refractivity contribution < 1.29 is 4.74 Å². The van der Waals surface area contributed by atoms with Gasteiger partial charge in [-0.25, -0.2) is 0 Å². The van der Waals surface area contributed by atoms with E-state index in [1.165, 1.54) is 24.9 Å². The minimum Gasteiger partial charge on any atom is -0.481 e. The predicted octanol–water partition coefficient (Wildman–Crippen LogP) is 5.56. The van der Waals surface area contributed by atoms with E-state index in [1.807, 2.05) is 6.92 Å². The van der Waals surface area contributed by atoms with Crippen LogP contribution in [0.5, 0.6) is 0 Å². The predicted molar refractivity (Wildman–Crippen MR) is 102 cm³/mol. The van der Waals surface area contributed by atoms with Crippen LogP contribution >= 0.6 is 27.5 Å². The maximum absolute atomic E-state index is 8.19. The molecule has 3 nitrogen and oxygen atoms in total. The first-order valence-corrected chi connectivity index (χ1v) is 9.81. The van der Waals surface area contributed by atoms with Crippen LogP contribution in [0.3, 0.4) is 0 Å². The second-order valence-electron chi connectivity index (χ2n) is 5.94. The van der Waals surface area contributed by atoms with Gasteiger partial charge in [0.15, 0.2) is 5.90 Å². The van der Waals surface area contributed by atoms with Crippen molar-refractivity contribution in [1.82, 2.24) is 0 Å². The molecule has 0 aliphatic carbocycles. The van der Waals surface area contributed by atoms with Gasteiger partial charge in [0.25, 0.3) is 0 Å². The number of alkyl halides is 1. The third-order valence-corrected chi connectivity index (χ3v) is 5.22. The van der Waals surface area contributed by atoms with E-state index < -0.39 is 0 Å². The Bertz CT molecular complexity index is 518. The van der Waals surface area contributed by atoms with Gasteiger partial charge < -0.3 is 9.64 Å². The summed E-state index contributed by atoms with van der Waals surface area (Å²) in [5.74, 6) is 0.943. The maximum Gasteiger partial charge on any atom is 0.188 e. The van der Waals surface area contributed by atoms with Gasteiger partial charge in [-0.15, -0.1) is 11.6 Å². The highest BCUT2D eigenvalue weighted by molar-refractivity contribution is 9.10. The summed E-state index contributed by atoms with van der Waals surface area (Å²) in [6.45, 7) is 4.70. The Hall–Kier alpha value is -0.740. The summed E-state index contributed by atoms with van der Waals surface area (Å²) < 4.78 is 6.56. The van der Waals surface area contributed by atoms with Crippen LogP contribution in [0.25, 0.3) is 0 Å². The summed E-state index contributed by atoms with van der Waals surface area (Å²) in [7, 11) is 0. The molecule has 1 heterocycles. The number of hydrogen-bond donors (Lipinski definition) is 1. The fourth-order valence-corrected chi connectivity index (χ4v) is 3.92. The number of nitrogens with zero attached hydrogens (tertiary/aromatic N) is 1. The molecule has 1 saturated heterocycles. The van der Waals surface area contributed by atoms with Crippen molar-refractivity contribution >= 4 is 39.1 Å². The zero-order valence-electron chi connectivity index (χ0n) is 13.8. The molecule has 1 aliphatic rings. The second-order valence-corrected chi connectivity index (χ2v) is 7.17. The summed E-state index contributed by atoms with van der Waals surface area (Å²) in [5, 5.41) is 8.19. The smallest absolute Gasteiger partial charge is 0.188 e. The molecule has 5 heteroatoms. The van der Waals surface area contributed by atoms with Gasteiger partial charge in [0.1, 0.15) is 0 Å². The zero-order valence-corrected chi connectivity index (χ0v) is 16.1. The molecule has 23 heavy (non-hydrogen) atoms. The monoisotopic (exact) mass is 400 g/mol. The van der Waals surface area contributed by atoms with E-state index in [1.54, 1.807) is 0 Å². The van der Waals surface area contributed by atoms with Gasteiger partial charge in [0.2, 0.25) is 0 Å². The molecule has 1 aliphatic heterocycles. The third kappa shape index (κ3) is 5.12. The van der Waals surface area contributed by atoms with Gasteiger partial charge in [-0.05, 0) is 72.7 Å². The van der Waals surface area contributed by atoms with E-state index in [2.05, 4.69) is 39.0 Å². The first-order chi connectivity index (χ1) is 11.2. The van der Waals surface area contributed by atoms with Crippen molar-refractivity contribution in [3.8, 4) is 0 Å². The average Bonchev–Trinajstić information content (AvgIpc) is 2.56. The summed E-state index contributed by atoms with van der Waals surface area (Å²) in [5.41, 5.74) is 2.38. The Kier molecular flexibility index (Phi) is 7.71. The molecule has 0 bridgehead atoms. The van der Waals surface area contributed by atoms with Gasteiger partial charge in [-0.1, -0.05) is 6.07 Å². The van der Waals surface area contributed by atoms with Gasteiger partial charge >= 0.3 is 0 Å². The van der Waals surface area contributed by atoms with Gasteiger partial charge in [0.05, 0.1) is 18.2 Å². The van der Waals surface area contributed by atoms with E-state index in [0.29, 0.717) is 18.4 Å². The fourth-order valence-electron chi connectivity index (χ4n) is 3.12. The van der Waals surface area contributed by atoms with Crippen molar-refractivity contribution in [2.24, 2.45) is 0 Å². The highest BCUT2D eigenvalue weighted by Crippen LogP contribution is 2.33. The maximum atomic E-state index is 8.19. The molecule has 0 saturated carbocycles. The molecule has 1 aromatic rings. The normalized spacial score (nSPS) is 16.2.